The van der Waals surface area contributed by atoms with Crippen molar-refractivity contribution in [3.05, 3.63) is 0 Å². The van der Waals surface area contributed by atoms with E-state index in [2.05, 4.69) is 0 Å². The molecule has 5 heteroatoms. The van der Waals surface area contributed by atoms with Crippen molar-refractivity contribution in [3.63, 3.8) is 0 Å². The van der Waals surface area contributed by atoms with Crippen LogP contribution in [-0.4, -0.2) is 52.1 Å². The molecule has 0 radical (unpaired) electrons. The second kappa shape index (κ2) is 5.18. The molecule has 0 fully saturated rings. The molecule has 1 N–H and O–H groups in total. The Balaban J connectivity index is 5.01. The van der Waals surface area contributed by atoms with Crippen LogP contribution in [0.15, 0.2) is 0 Å². The van der Waals surface area contributed by atoms with Gasteiger partial charge in [-0.15, -0.1) is 0 Å². The lowest BCUT2D eigenvalue weighted by Gasteiger charge is -2.38. The highest BCUT2D eigenvalue weighted by Crippen LogP contribution is 2.17. The zero-order valence-corrected chi connectivity index (χ0v) is 10.9. The third kappa shape index (κ3) is 2.87. The Hall–Kier alpha value is -1.26. The Morgan fingerprint density at radius 2 is 1.75 bits per heavy atom. The fraction of sp³-hybridized carbons (Fsp3) is 0.818. The van der Waals surface area contributed by atoms with Crippen molar-refractivity contribution in [1.29, 1.82) is 0 Å². The lowest BCUT2D eigenvalue weighted by molar-refractivity contribution is -0.147. The fourth-order valence-corrected chi connectivity index (χ4v) is 1.30. The predicted octanol–water partition coefficient (Wildman–Crippen LogP) is 1.63. The number of amides is 2. The topological polar surface area (TPSA) is 60.9 Å². The Bertz CT molecular complexity index is 274. The van der Waals surface area contributed by atoms with E-state index in [1.165, 1.54) is 23.6 Å². The van der Waals surface area contributed by atoms with Gasteiger partial charge in [0.25, 0.3) is 0 Å². The summed E-state index contributed by atoms with van der Waals surface area (Å²) in [6.45, 7) is 8.99. The third-order valence-corrected chi connectivity index (χ3v) is 2.82. The van der Waals surface area contributed by atoms with Crippen LogP contribution in [0.4, 0.5) is 4.79 Å². The van der Waals surface area contributed by atoms with Gasteiger partial charge in [0.05, 0.1) is 0 Å². The SMILES string of the molecule is CCN(C(=O)N(C)C(C)C)C(C)(C)C(=O)O. The molecule has 0 aliphatic carbocycles. The predicted molar refractivity (Wildman–Crippen MR) is 62.4 cm³/mol. The van der Waals surface area contributed by atoms with Crippen LogP contribution in [0.25, 0.3) is 0 Å². The molecule has 0 atom stereocenters. The van der Waals surface area contributed by atoms with Crippen LogP contribution in [0.1, 0.15) is 34.6 Å². The summed E-state index contributed by atoms with van der Waals surface area (Å²) in [5, 5.41) is 9.10. The Kier molecular flexibility index (Phi) is 4.78. The molecule has 0 saturated heterocycles. The highest BCUT2D eigenvalue weighted by atomic mass is 16.4. The van der Waals surface area contributed by atoms with E-state index in [4.69, 9.17) is 5.11 Å². The molecule has 94 valence electrons. The van der Waals surface area contributed by atoms with Crippen LogP contribution in [0.5, 0.6) is 0 Å². The summed E-state index contributed by atoms with van der Waals surface area (Å²) in [6, 6.07) is -0.212. The molecule has 0 unspecified atom stereocenters. The Labute approximate surface area is 97.0 Å². The molecule has 0 saturated carbocycles. The second-order valence-electron chi connectivity index (χ2n) is 4.60. The molecule has 0 spiro atoms. The van der Waals surface area contributed by atoms with Gasteiger partial charge in [0, 0.05) is 19.6 Å². The van der Waals surface area contributed by atoms with E-state index in [1.54, 1.807) is 14.0 Å². The normalized spacial score (nSPS) is 11.4. The van der Waals surface area contributed by atoms with Crippen LogP contribution >= 0.6 is 0 Å². The number of carboxylic acids is 1. The Morgan fingerprint density at radius 3 is 2.00 bits per heavy atom. The van der Waals surface area contributed by atoms with Crippen LogP contribution < -0.4 is 0 Å². The molecule has 2 amide bonds. The molecule has 0 aromatic heterocycles. The number of carbonyl (C=O) groups excluding carboxylic acids is 1. The lowest BCUT2D eigenvalue weighted by atomic mass is 10.0. The Morgan fingerprint density at radius 1 is 1.31 bits per heavy atom. The summed E-state index contributed by atoms with van der Waals surface area (Å²) in [6.07, 6.45) is 0. The van der Waals surface area contributed by atoms with Gasteiger partial charge in [0.1, 0.15) is 5.54 Å². The summed E-state index contributed by atoms with van der Waals surface area (Å²) >= 11 is 0. The third-order valence-electron chi connectivity index (χ3n) is 2.82. The average Bonchev–Trinajstić information content (AvgIpc) is 2.16. The molecule has 0 aromatic rings. The van der Waals surface area contributed by atoms with Crippen LogP contribution in [0.3, 0.4) is 0 Å². The first-order valence-corrected chi connectivity index (χ1v) is 5.44. The number of likely N-dealkylation sites (N-methyl/N-ethyl adjacent to an activating group) is 1. The van der Waals surface area contributed by atoms with Gasteiger partial charge in [0.2, 0.25) is 0 Å². The molecule has 5 nitrogen and oxygen atoms in total. The maximum atomic E-state index is 12.1. The number of carbonyl (C=O) groups is 2. The standard InChI is InChI=1S/C11H22N2O3/c1-7-13(11(4,5)9(14)15)10(16)12(6)8(2)3/h8H,7H2,1-6H3,(H,14,15). The highest BCUT2D eigenvalue weighted by Gasteiger charge is 2.38. The maximum Gasteiger partial charge on any atom is 0.329 e. The zero-order valence-electron chi connectivity index (χ0n) is 10.9. The maximum absolute atomic E-state index is 12.1. The molecule has 0 aliphatic heterocycles. The first kappa shape index (κ1) is 14.7. The monoisotopic (exact) mass is 230 g/mol. The largest absolute Gasteiger partial charge is 0.480 e. The molecule has 0 bridgehead atoms. The number of rotatable bonds is 4. The number of carboxylic acid groups (broad SMARTS) is 1. The summed E-state index contributed by atoms with van der Waals surface area (Å²) in [4.78, 5) is 26.1. The molecular formula is C11H22N2O3. The fourth-order valence-electron chi connectivity index (χ4n) is 1.30. The van der Waals surface area contributed by atoms with Crippen molar-refractivity contribution in [3.8, 4) is 0 Å². The average molecular weight is 230 g/mol. The van der Waals surface area contributed by atoms with Crippen molar-refractivity contribution < 1.29 is 14.7 Å². The zero-order chi connectivity index (χ0) is 13.1. The van der Waals surface area contributed by atoms with Crippen LogP contribution in [-0.2, 0) is 4.79 Å². The first-order chi connectivity index (χ1) is 7.16. The summed E-state index contributed by atoms with van der Waals surface area (Å²) < 4.78 is 0. The van der Waals surface area contributed by atoms with Crippen molar-refractivity contribution in [2.45, 2.75) is 46.2 Å². The minimum Gasteiger partial charge on any atom is -0.480 e. The van der Waals surface area contributed by atoms with Gasteiger partial charge in [-0.25, -0.2) is 9.59 Å². The van der Waals surface area contributed by atoms with E-state index in [1.807, 2.05) is 13.8 Å². The quantitative estimate of drug-likeness (QED) is 0.798. The van der Waals surface area contributed by atoms with Gasteiger partial charge < -0.3 is 14.9 Å². The van der Waals surface area contributed by atoms with Crippen molar-refractivity contribution in [2.24, 2.45) is 0 Å². The number of hydrogen-bond acceptors (Lipinski definition) is 2. The first-order valence-electron chi connectivity index (χ1n) is 5.44. The number of hydrogen-bond donors (Lipinski definition) is 1. The number of urea groups is 1. The summed E-state index contributed by atoms with van der Waals surface area (Å²) in [5.74, 6) is -1.00. The number of aliphatic carboxylic acids is 1. The molecule has 0 aliphatic rings. The van der Waals surface area contributed by atoms with Gasteiger partial charge in [-0.3, -0.25) is 0 Å². The van der Waals surface area contributed by atoms with Crippen molar-refractivity contribution in [1.82, 2.24) is 9.80 Å². The minimum absolute atomic E-state index is 0.0474. The van der Waals surface area contributed by atoms with Gasteiger partial charge in [-0.1, -0.05) is 0 Å². The highest BCUT2D eigenvalue weighted by molar-refractivity contribution is 5.85. The van der Waals surface area contributed by atoms with Gasteiger partial charge >= 0.3 is 12.0 Å². The van der Waals surface area contributed by atoms with E-state index in [0.717, 1.165) is 0 Å². The lowest BCUT2D eigenvalue weighted by Crippen LogP contribution is -2.57. The second-order valence-corrected chi connectivity index (χ2v) is 4.60. The molecule has 16 heavy (non-hydrogen) atoms. The van der Waals surface area contributed by atoms with E-state index < -0.39 is 11.5 Å². The van der Waals surface area contributed by atoms with Gasteiger partial charge in [-0.05, 0) is 34.6 Å². The minimum atomic E-state index is -1.19. The molecule has 0 heterocycles. The van der Waals surface area contributed by atoms with E-state index in [0.29, 0.717) is 6.54 Å². The van der Waals surface area contributed by atoms with Gasteiger partial charge in [0.15, 0.2) is 0 Å². The molecule has 0 rings (SSSR count). The van der Waals surface area contributed by atoms with E-state index in [9.17, 15) is 9.59 Å². The van der Waals surface area contributed by atoms with Crippen molar-refractivity contribution >= 4 is 12.0 Å². The molecule has 0 aromatic carbocycles. The molecular weight excluding hydrogens is 208 g/mol. The van der Waals surface area contributed by atoms with Crippen LogP contribution in [0, 0.1) is 0 Å². The van der Waals surface area contributed by atoms with E-state index >= 15 is 0 Å². The summed E-state index contributed by atoms with van der Waals surface area (Å²) in [5.41, 5.74) is -1.19. The number of nitrogens with zero attached hydrogens (tertiary/aromatic N) is 2. The van der Waals surface area contributed by atoms with Crippen LogP contribution in [0.2, 0.25) is 0 Å². The summed E-state index contributed by atoms with van der Waals surface area (Å²) in [7, 11) is 1.67. The van der Waals surface area contributed by atoms with Gasteiger partial charge in [-0.2, -0.15) is 0 Å². The van der Waals surface area contributed by atoms with E-state index in [-0.39, 0.29) is 12.1 Å². The smallest absolute Gasteiger partial charge is 0.329 e. The van der Waals surface area contributed by atoms with Crippen molar-refractivity contribution in [2.75, 3.05) is 13.6 Å².